The Bertz CT molecular complexity index is 1440. The topological polar surface area (TPSA) is 131 Å². The number of aryl methyl sites for hydroxylation is 1. The SMILES string of the molecule is Cn1nc(-c2cn(-c3c(F)cccc3C#N)c(=O)c3c(N)n[nH]c23)cc1N1CCOCC1. The van der Waals surface area contributed by atoms with Crippen molar-refractivity contribution in [2.45, 2.75) is 0 Å². The third-order valence-electron chi connectivity index (χ3n) is 5.57. The first-order valence-corrected chi connectivity index (χ1v) is 9.95. The van der Waals surface area contributed by atoms with E-state index >= 15 is 0 Å². The smallest absolute Gasteiger partial charge is 0.268 e. The monoisotopic (exact) mass is 434 g/mol. The molecule has 11 heteroatoms. The normalized spacial score (nSPS) is 14.1. The van der Waals surface area contributed by atoms with Gasteiger partial charge in [0, 0.05) is 38.0 Å². The number of fused-ring (bicyclic) bond motifs is 1. The molecule has 162 valence electrons. The summed E-state index contributed by atoms with van der Waals surface area (Å²) in [4.78, 5) is 15.4. The zero-order valence-corrected chi connectivity index (χ0v) is 17.2. The Hall–Kier alpha value is -4.17. The van der Waals surface area contributed by atoms with Gasteiger partial charge in [-0.25, -0.2) is 4.39 Å². The van der Waals surface area contributed by atoms with Crippen molar-refractivity contribution in [3.05, 3.63) is 52.2 Å². The van der Waals surface area contributed by atoms with Crippen LogP contribution < -0.4 is 16.2 Å². The number of ether oxygens (including phenoxy) is 1. The minimum Gasteiger partial charge on any atom is -0.382 e. The Labute approximate surface area is 181 Å². The largest absolute Gasteiger partial charge is 0.382 e. The molecule has 5 rings (SSSR count). The number of aromatic amines is 1. The molecule has 1 aliphatic rings. The number of nitrogens with one attached hydrogen (secondary N) is 1. The molecule has 0 saturated carbocycles. The molecule has 3 N–H and O–H groups in total. The summed E-state index contributed by atoms with van der Waals surface area (Å²) in [5, 5.41) is 21.0. The Morgan fingerprint density at radius 1 is 1.31 bits per heavy atom. The molecule has 1 fully saturated rings. The highest BCUT2D eigenvalue weighted by Crippen LogP contribution is 2.31. The molecule has 10 nitrogen and oxygen atoms in total. The molecule has 3 aromatic heterocycles. The van der Waals surface area contributed by atoms with Crippen molar-refractivity contribution in [2.75, 3.05) is 36.9 Å². The Morgan fingerprint density at radius 2 is 2.09 bits per heavy atom. The maximum absolute atomic E-state index is 14.8. The van der Waals surface area contributed by atoms with E-state index in [4.69, 9.17) is 10.5 Å². The third kappa shape index (κ3) is 3.00. The summed E-state index contributed by atoms with van der Waals surface area (Å²) in [7, 11) is 1.83. The first kappa shape index (κ1) is 19.8. The fraction of sp³-hybridized carbons (Fsp3) is 0.238. The van der Waals surface area contributed by atoms with E-state index in [1.165, 1.54) is 24.4 Å². The lowest BCUT2D eigenvalue weighted by atomic mass is 10.1. The highest BCUT2D eigenvalue weighted by Gasteiger charge is 2.23. The van der Waals surface area contributed by atoms with Gasteiger partial charge in [-0.15, -0.1) is 0 Å². The van der Waals surface area contributed by atoms with Crippen LogP contribution in [0, 0.1) is 17.1 Å². The lowest BCUT2D eigenvalue weighted by Crippen LogP contribution is -2.37. The second-order valence-corrected chi connectivity index (χ2v) is 7.44. The number of pyridine rings is 1. The number of hydrogen-bond acceptors (Lipinski definition) is 7. The van der Waals surface area contributed by atoms with Crippen molar-refractivity contribution in [3.8, 4) is 23.0 Å². The lowest BCUT2D eigenvalue weighted by Gasteiger charge is -2.28. The number of H-pyrrole nitrogens is 1. The Balaban J connectivity index is 1.77. The van der Waals surface area contributed by atoms with Crippen molar-refractivity contribution in [1.82, 2.24) is 24.5 Å². The summed E-state index contributed by atoms with van der Waals surface area (Å²) in [5.74, 6) is 0.165. The van der Waals surface area contributed by atoms with Gasteiger partial charge in [-0.2, -0.15) is 15.5 Å². The Kier molecular flexibility index (Phi) is 4.64. The maximum atomic E-state index is 14.8. The quantitative estimate of drug-likeness (QED) is 0.500. The van der Waals surface area contributed by atoms with Crippen molar-refractivity contribution in [1.29, 1.82) is 5.26 Å². The number of nitrogens with two attached hydrogens (primary N) is 1. The molecule has 0 bridgehead atoms. The van der Waals surface area contributed by atoms with E-state index in [9.17, 15) is 14.4 Å². The molecule has 1 aliphatic heterocycles. The molecule has 4 aromatic rings. The molecule has 1 saturated heterocycles. The van der Waals surface area contributed by atoms with E-state index in [0.717, 1.165) is 23.5 Å². The van der Waals surface area contributed by atoms with Gasteiger partial charge in [0.15, 0.2) is 5.82 Å². The molecule has 0 atom stereocenters. The van der Waals surface area contributed by atoms with Crippen LogP contribution in [-0.2, 0) is 11.8 Å². The van der Waals surface area contributed by atoms with E-state index in [1.54, 1.807) is 4.68 Å². The lowest BCUT2D eigenvalue weighted by molar-refractivity contribution is 0.122. The number of nitriles is 1. The van der Waals surface area contributed by atoms with E-state index in [1.807, 2.05) is 19.2 Å². The summed E-state index contributed by atoms with van der Waals surface area (Å²) in [6, 6.07) is 7.89. The number of para-hydroxylation sites is 1. The number of halogens is 1. The zero-order chi connectivity index (χ0) is 22.4. The van der Waals surface area contributed by atoms with Gasteiger partial charge in [0.2, 0.25) is 0 Å². The number of aromatic nitrogens is 5. The summed E-state index contributed by atoms with van der Waals surface area (Å²) < 4.78 is 23.0. The molecule has 0 amide bonds. The standard InChI is InChI=1S/C21H19FN8O2/c1-28-16(29-5-7-32-8-6-29)9-15(27-28)13-11-30(19-12(10-23)3-2-4-14(19)22)21(31)17-18(13)25-26-20(17)24/h2-4,9,11H,5-8H2,1H3,(H3,24,25,26). The second-order valence-electron chi connectivity index (χ2n) is 7.44. The second kappa shape index (κ2) is 7.51. The van der Waals surface area contributed by atoms with Gasteiger partial charge in [-0.1, -0.05) is 6.07 Å². The van der Waals surface area contributed by atoms with Crippen molar-refractivity contribution >= 4 is 22.5 Å². The third-order valence-corrected chi connectivity index (χ3v) is 5.57. The fourth-order valence-corrected chi connectivity index (χ4v) is 4.03. The first-order chi connectivity index (χ1) is 15.5. The average molecular weight is 434 g/mol. The molecule has 32 heavy (non-hydrogen) atoms. The van der Waals surface area contributed by atoms with Gasteiger partial charge < -0.3 is 15.4 Å². The molecule has 0 aliphatic carbocycles. The molecular weight excluding hydrogens is 415 g/mol. The molecule has 0 radical (unpaired) electrons. The maximum Gasteiger partial charge on any atom is 0.268 e. The van der Waals surface area contributed by atoms with E-state index < -0.39 is 11.4 Å². The number of hydrogen-bond donors (Lipinski definition) is 2. The number of benzene rings is 1. The zero-order valence-electron chi connectivity index (χ0n) is 17.2. The van der Waals surface area contributed by atoms with Crippen LogP contribution in [0.15, 0.2) is 35.3 Å². The molecule has 0 unspecified atom stereocenters. The summed E-state index contributed by atoms with van der Waals surface area (Å²) in [6.45, 7) is 2.70. The number of anilines is 2. The number of rotatable bonds is 3. The molecule has 1 aromatic carbocycles. The highest BCUT2D eigenvalue weighted by molar-refractivity contribution is 5.98. The van der Waals surface area contributed by atoms with E-state index in [-0.39, 0.29) is 22.5 Å². The van der Waals surface area contributed by atoms with Crippen molar-refractivity contribution in [3.63, 3.8) is 0 Å². The van der Waals surface area contributed by atoms with Crippen LogP contribution in [0.1, 0.15) is 5.56 Å². The predicted octanol–water partition coefficient (Wildman–Crippen LogP) is 1.54. The van der Waals surface area contributed by atoms with Crippen LogP contribution in [0.5, 0.6) is 0 Å². The van der Waals surface area contributed by atoms with Crippen LogP contribution in [0.4, 0.5) is 16.0 Å². The minimum atomic E-state index is -0.700. The molecule has 4 heterocycles. The number of morpholine rings is 1. The van der Waals surface area contributed by atoms with Crippen LogP contribution in [-0.4, -0.2) is 50.8 Å². The number of nitrogen functional groups attached to an aromatic ring is 1. The molecular formula is C21H19FN8O2. The van der Waals surface area contributed by atoms with E-state index in [2.05, 4.69) is 20.2 Å². The van der Waals surface area contributed by atoms with Gasteiger partial charge >= 0.3 is 0 Å². The van der Waals surface area contributed by atoms with Gasteiger partial charge in [0.1, 0.15) is 28.8 Å². The van der Waals surface area contributed by atoms with Crippen molar-refractivity contribution in [2.24, 2.45) is 7.05 Å². The van der Waals surface area contributed by atoms with Crippen molar-refractivity contribution < 1.29 is 9.13 Å². The fourth-order valence-electron chi connectivity index (χ4n) is 4.03. The average Bonchev–Trinajstić information content (AvgIpc) is 3.38. The number of nitrogens with zero attached hydrogens (tertiary/aromatic N) is 6. The van der Waals surface area contributed by atoms with Gasteiger partial charge in [-0.3, -0.25) is 19.1 Å². The first-order valence-electron chi connectivity index (χ1n) is 9.95. The van der Waals surface area contributed by atoms with Gasteiger partial charge in [0.25, 0.3) is 5.56 Å². The summed E-state index contributed by atoms with van der Waals surface area (Å²) in [6.07, 6.45) is 1.47. The van der Waals surface area contributed by atoms with Crippen LogP contribution >= 0.6 is 0 Å². The summed E-state index contributed by atoms with van der Waals surface area (Å²) >= 11 is 0. The van der Waals surface area contributed by atoms with Crippen LogP contribution in [0.25, 0.3) is 27.8 Å². The van der Waals surface area contributed by atoms with Crippen LogP contribution in [0.2, 0.25) is 0 Å². The van der Waals surface area contributed by atoms with Gasteiger partial charge in [0.05, 0.1) is 30.0 Å². The molecule has 0 spiro atoms. The minimum absolute atomic E-state index is 0.0141. The van der Waals surface area contributed by atoms with E-state index in [0.29, 0.717) is 30.0 Å². The summed E-state index contributed by atoms with van der Waals surface area (Å²) in [5.41, 5.74) is 6.71. The predicted molar refractivity (Wildman–Crippen MR) is 116 cm³/mol. The van der Waals surface area contributed by atoms with Crippen LogP contribution in [0.3, 0.4) is 0 Å². The van der Waals surface area contributed by atoms with Gasteiger partial charge in [-0.05, 0) is 12.1 Å². The Morgan fingerprint density at radius 3 is 2.84 bits per heavy atom. The highest BCUT2D eigenvalue weighted by atomic mass is 19.1.